The van der Waals surface area contributed by atoms with Gasteiger partial charge in [-0.2, -0.15) is 0 Å². The molecule has 13 heteroatoms. The van der Waals surface area contributed by atoms with Crippen molar-refractivity contribution in [2.75, 3.05) is 28.4 Å². The quantitative estimate of drug-likeness (QED) is 0.109. The van der Waals surface area contributed by atoms with E-state index in [1.54, 1.807) is 41.0 Å². The monoisotopic (exact) mass is 900 g/mol. The molecule has 65 heavy (non-hydrogen) atoms. The third-order valence-electron chi connectivity index (χ3n) is 10.8. The first kappa shape index (κ1) is 45.0. The van der Waals surface area contributed by atoms with Crippen LogP contribution in [0.3, 0.4) is 0 Å². The van der Waals surface area contributed by atoms with Gasteiger partial charge in [-0.05, 0) is 45.6 Å². The van der Waals surface area contributed by atoms with Crippen molar-refractivity contribution in [1.29, 1.82) is 0 Å². The molecule has 4 aromatic carbocycles. The maximum absolute atomic E-state index is 7.25. The minimum atomic E-state index is 0. The van der Waals surface area contributed by atoms with E-state index in [0.29, 0.717) is 0 Å². The van der Waals surface area contributed by atoms with Crippen LogP contribution in [0, 0.1) is 28.6 Å². The molecule has 0 spiro atoms. The molecule has 8 bridgehead atoms. The molecular weight excluding hydrogens is 858 g/mol. The van der Waals surface area contributed by atoms with Crippen LogP contribution in [0.5, 0.6) is 23.0 Å². The van der Waals surface area contributed by atoms with Crippen LogP contribution in [0.4, 0.5) is 0 Å². The van der Waals surface area contributed by atoms with E-state index in [0.717, 1.165) is 114 Å². The molecule has 9 aromatic rings. The smallest absolute Gasteiger partial charge is 0.134 e. The minimum Gasteiger partial charge on any atom is -0.628 e. The van der Waals surface area contributed by atoms with Gasteiger partial charge in [-0.3, -0.25) is 0 Å². The Hall–Kier alpha value is -7.99. The Bertz CT molecular complexity index is 2410. The van der Waals surface area contributed by atoms with Crippen molar-refractivity contribution in [3.05, 3.63) is 261 Å². The number of nitrogens with zero attached hydrogens (tertiary/aromatic N) is 7. The van der Waals surface area contributed by atoms with Gasteiger partial charge in [0.1, 0.15) is 28.6 Å². The summed E-state index contributed by atoms with van der Waals surface area (Å²) in [6.45, 7) is 0. The van der Waals surface area contributed by atoms with Crippen LogP contribution in [-0.4, -0.2) is 38.0 Å². The van der Waals surface area contributed by atoms with Crippen molar-refractivity contribution in [3.8, 4) is 23.0 Å². The first-order chi connectivity index (χ1) is 31.4. The van der Waals surface area contributed by atoms with Gasteiger partial charge in [-0.25, -0.2) is 4.98 Å². The Labute approximate surface area is 388 Å². The van der Waals surface area contributed by atoms with Crippen LogP contribution in [0.1, 0.15) is 67.8 Å². The summed E-state index contributed by atoms with van der Waals surface area (Å²) < 4.78 is 24.0. The average molecular weight is 901 g/mol. The minimum absolute atomic E-state index is 0. The van der Waals surface area contributed by atoms with Crippen LogP contribution in [-0.2, 0) is 24.1 Å². The van der Waals surface area contributed by atoms with Crippen LogP contribution >= 0.6 is 0 Å². The van der Waals surface area contributed by atoms with E-state index in [-0.39, 0.29) is 17.1 Å². The van der Waals surface area contributed by atoms with E-state index >= 15 is 0 Å². The fourth-order valence-corrected chi connectivity index (χ4v) is 7.63. The second kappa shape index (κ2) is 20.5. The summed E-state index contributed by atoms with van der Waals surface area (Å²) in [6.07, 6.45) is 5.39. The van der Waals surface area contributed by atoms with Crippen LogP contribution in [0.15, 0.2) is 164 Å². The number of aromatic nitrogens is 6. The summed E-state index contributed by atoms with van der Waals surface area (Å²) in [5.74, 6) is 6.63. The molecule has 0 N–H and O–H groups in total. The number of aryl methyl sites for hydroxylation is 1. The van der Waals surface area contributed by atoms with E-state index in [4.69, 9.17) is 49.4 Å². The van der Waals surface area contributed by atoms with E-state index in [1.165, 1.54) is 0 Å². The predicted octanol–water partition coefficient (Wildman–Crippen LogP) is 7.91. The zero-order valence-corrected chi connectivity index (χ0v) is 37.2. The SMILES string of the molecule is COc1ccc([C+]2c3ccc([n-]3)[C+](c3ccc(OC)cc3)c3ccc([n-]3)[C+](c3ccc(OC)cc3)c3ccc([n-]3)[C+](c3ccc(OC)cc3)c3ccc2[n-]3)cc1.Cn1ccnc1.[Fe].[N]=O. The molecule has 0 saturated heterocycles. The Morgan fingerprint density at radius 3 is 0.754 bits per heavy atom. The van der Waals surface area contributed by atoms with Crippen molar-refractivity contribution in [1.82, 2.24) is 35.1 Å². The molecule has 5 aromatic heterocycles. The molecule has 6 heterocycles. The second-order valence-electron chi connectivity index (χ2n) is 14.5. The Kier molecular flexibility index (Phi) is 14.2. The van der Waals surface area contributed by atoms with E-state index in [1.807, 2.05) is 115 Å². The molecule has 0 saturated carbocycles. The maximum atomic E-state index is 7.25. The molecule has 10 rings (SSSR count). The number of ether oxygens (including phenoxy) is 4. The van der Waals surface area contributed by atoms with Crippen molar-refractivity contribution >= 4 is 0 Å². The summed E-state index contributed by atoms with van der Waals surface area (Å²) in [7, 11) is 8.61. The molecule has 0 aliphatic carbocycles. The number of hydrogen-bond donors (Lipinski definition) is 0. The van der Waals surface area contributed by atoms with Gasteiger partial charge in [0.15, 0.2) is 0 Å². The first-order valence-corrected chi connectivity index (χ1v) is 20.2. The summed E-state index contributed by atoms with van der Waals surface area (Å²) >= 11 is 0. The Morgan fingerprint density at radius 1 is 0.400 bits per heavy atom. The molecule has 1 aliphatic rings. The van der Waals surface area contributed by atoms with Crippen LogP contribution in [0.25, 0.3) is 0 Å². The molecule has 12 nitrogen and oxygen atoms in total. The van der Waals surface area contributed by atoms with Gasteiger partial charge in [-0.15, -0.1) is 4.91 Å². The number of hydrogen-bond acceptors (Lipinski definition) is 6. The number of benzene rings is 4. The molecule has 0 atom stereocenters. The van der Waals surface area contributed by atoms with E-state index in [9.17, 15) is 0 Å². The standard InChI is InChI=1S/C48H36N4O4.C4H6N2.Fe.NO/c1-53-33-13-5-29(6-14-33)45-37-21-23-39(49-37)46(30-7-15-34(54-2)16-8-30)41-25-27-43(51-41)48(32-11-19-36(56-4)20-12-32)44-28-26-42(52-44)47(40-24-22-38(45)50-40)31-9-17-35(55-3)18-10-31;1-6-3-2-5-4-6;;1-2/h5-28H,1-4H3;2-4H,1H3;;. The van der Waals surface area contributed by atoms with Gasteiger partial charge in [-0.1, -0.05) is 0 Å². The van der Waals surface area contributed by atoms with Gasteiger partial charge in [0.05, 0.1) is 57.0 Å². The Balaban J connectivity index is 0.000000642. The number of nitroso groups, excluding NO2 is 1. The first-order valence-electron chi connectivity index (χ1n) is 20.2. The summed E-state index contributed by atoms with van der Waals surface area (Å²) in [5, 5.41) is 0. The molecule has 1 aliphatic heterocycles. The van der Waals surface area contributed by atoms with Crippen molar-refractivity contribution < 1.29 is 36.0 Å². The van der Waals surface area contributed by atoms with Crippen LogP contribution < -0.4 is 44.5 Å². The van der Waals surface area contributed by atoms with E-state index < -0.39 is 0 Å². The molecule has 0 amide bonds. The normalized spacial score (nSPS) is 11.6. The van der Waals surface area contributed by atoms with Crippen LogP contribution in [0.2, 0.25) is 0 Å². The van der Waals surface area contributed by atoms with Crippen molar-refractivity contribution in [3.63, 3.8) is 0 Å². The summed E-state index contributed by atoms with van der Waals surface area (Å²) in [4.78, 5) is 32.4. The second-order valence-corrected chi connectivity index (χ2v) is 14.5. The Morgan fingerprint density at radius 2 is 0.615 bits per heavy atom. The van der Waals surface area contributed by atoms with Gasteiger partial charge >= 0.3 is 0 Å². The van der Waals surface area contributed by atoms with Gasteiger partial charge < -0.3 is 43.5 Å². The third kappa shape index (κ3) is 9.52. The zero-order valence-electron chi connectivity index (χ0n) is 36.1. The molecule has 1 radical (unpaired) electrons. The summed E-state index contributed by atoms with van der Waals surface area (Å²) in [6, 6.07) is 48.5. The third-order valence-corrected chi connectivity index (χ3v) is 10.8. The topological polar surface area (TPSA) is 151 Å². The zero-order chi connectivity index (χ0) is 44.6. The fraction of sp³-hybridized carbons (Fsp3) is 0.0962. The summed E-state index contributed by atoms with van der Waals surface area (Å²) in [5.41, 5.74) is 15.8. The fourth-order valence-electron chi connectivity index (χ4n) is 7.63. The molecule has 323 valence electrons. The maximum Gasteiger partial charge on any atom is 0.134 e. The van der Waals surface area contributed by atoms with Crippen molar-refractivity contribution in [2.24, 2.45) is 7.05 Å². The van der Waals surface area contributed by atoms with Gasteiger partial charge in [0.25, 0.3) is 0 Å². The average Bonchev–Trinajstić information content (AvgIpc) is 4.23. The largest absolute Gasteiger partial charge is 0.628 e. The van der Waals surface area contributed by atoms with Gasteiger partial charge in [0, 0.05) is 206 Å². The predicted molar refractivity (Wildman–Crippen MR) is 242 cm³/mol. The number of fused-ring (bicyclic) bond motifs is 8. The number of methoxy groups -OCH3 is 4. The number of imidazole rings is 1. The molecule has 0 fully saturated rings. The number of rotatable bonds is 8. The molecular formula is C52H42FeN7O5. The molecule has 0 unspecified atom stereocenters. The van der Waals surface area contributed by atoms with Gasteiger partial charge in [0.2, 0.25) is 0 Å². The van der Waals surface area contributed by atoms with Crippen molar-refractivity contribution in [2.45, 2.75) is 0 Å². The van der Waals surface area contributed by atoms with E-state index in [2.05, 4.69) is 53.5 Å².